The van der Waals surface area contributed by atoms with Crippen molar-refractivity contribution >= 4 is 27.6 Å². The summed E-state index contributed by atoms with van der Waals surface area (Å²) in [6, 6.07) is 4.78. The van der Waals surface area contributed by atoms with Gasteiger partial charge in [0, 0.05) is 23.3 Å². The van der Waals surface area contributed by atoms with Crippen molar-refractivity contribution in [3.63, 3.8) is 0 Å². The second-order valence-electron chi connectivity index (χ2n) is 3.00. The zero-order valence-electron chi connectivity index (χ0n) is 8.03. The zero-order valence-corrected chi connectivity index (χ0v) is 9.62. The highest BCUT2D eigenvalue weighted by molar-refractivity contribution is 9.10. The summed E-state index contributed by atoms with van der Waals surface area (Å²) in [7, 11) is 0. The number of anilines is 1. The summed E-state index contributed by atoms with van der Waals surface area (Å²) in [6.07, 6.45) is 0.660. The Morgan fingerprint density at radius 2 is 2.20 bits per heavy atom. The highest BCUT2D eigenvalue weighted by Gasteiger charge is 2.05. The quantitative estimate of drug-likeness (QED) is 0.718. The third-order valence-corrected chi connectivity index (χ3v) is 2.52. The summed E-state index contributed by atoms with van der Waals surface area (Å²) < 4.78 is 0.709. The summed E-state index contributed by atoms with van der Waals surface area (Å²) in [5.41, 5.74) is 1.07. The molecule has 82 valence electrons. The van der Waals surface area contributed by atoms with E-state index in [-0.39, 0.29) is 12.2 Å². The largest absolute Gasteiger partial charge is 0.478 e. The standard InChI is InChI=1S/C10H12BrNO3/c11-8-6-7(10(14)15)2-3-9(8)12-4-1-5-13/h2-3,6,12-13H,1,4-5H2,(H,14,15). The molecule has 1 aromatic carbocycles. The highest BCUT2D eigenvalue weighted by Crippen LogP contribution is 2.23. The molecular weight excluding hydrogens is 262 g/mol. The van der Waals surface area contributed by atoms with Crippen molar-refractivity contribution in [2.75, 3.05) is 18.5 Å². The maximum atomic E-state index is 10.7. The Morgan fingerprint density at radius 1 is 1.47 bits per heavy atom. The van der Waals surface area contributed by atoms with E-state index in [1.165, 1.54) is 6.07 Å². The van der Waals surface area contributed by atoms with Gasteiger partial charge in [-0.05, 0) is 40.5 Å². The van der Waals surface area contributed by atoms with Gasteiger partial charge in [0.15, 0.2) is 0 Å². The Morgan fingerprint density at radius 3 is 2.73 bits per heavy atom. The number of carboxylic acids is 1. The van der Waals surface area contributed by atoms with Gasteiger partial charge in [-0.3, -0.25) is 0 Å². The smallest absolute Gasteiger partial charge is 0.335 e. The fraction of sp³-hybridized carbons (Fsp3) is 0.300. The number of nitrogens with one attached hydrogen (secondary N) is 1. The Hall–Kier alpha value is -1.07. The van der Waals surface area contributed by atoms with Crippen molar-refractivity contribution in [2.24, 2.45) is 0 Å². The van der Waals surface area contributed by atoms with Gasteiger partial charge in [0.05, 0.1) is 5.56 Å². The first-order chi connectivity index (χ1) is 7.15. The van der Waals surface area contributed by atoms with Crippen LogP contribution in [0, 0.1) is 0 Å². The number of aliphatic hydroxyl groups is 1. The van der Waals surface area contributed by atoms with Crippen LogP contribution < -0.4 is 5.32 Å². The van der Waals surface area contributed by atoms with Crippen LogP contribution >= 0.6 is 15.9 Å². The molecule has 0 spiro atoms. The molecule has 5 heteroatoms. The molecule has 0 unspecified atom stereocenters. The van der Waals surface area contributed by atoms with Gasteiger partial charge in [-0.2, -0.15) is 0 Å². The van der Waals surface area contributed by atoms with Crippen molar-refractivity contribution in [1.82, 2.24) is 0 Å². The van der Waals surface area contributed by atoms with E-state index in [4.69, 9.17) is 10.2 Å². The lowest BCUT2D eigenvalue weighted by Gasteiger charge is -2.08. The summed E-state index contributed by atoms with van der Waals surface area (Å²) >= 11 is 3.28. The van der Waals surface area contributed by atoms with Crippen LogP contribution in [0.1, 0.15) is 16.8 Å². The van der Waals surface area contributed by atoms with Crippen LogP contribution in [0.15, 0.2) is 22.7 Å². The van der Waals surface area contributed by atoms with Crippen LogP contribution in [0.3, 0.4) is 0 Å². The first-order valence-electron chi connectivity index (χ1n) is 4.52. The molecule has 1 aromatic rings. The van der Waals surface area contributed by atoms with Crippen molar-refractivity contribution in [3.8, 4) is 0 Å². The lowest BCUT2D eigenvalue weighted by Crippen LogP contribution is -2.05. The van der Waals surface area contributed by atoms with E-state index >= 15 is 0 Å². The molecule has 3 N–H and O–H groups in total. The molecule has 4 nitrogen and oxygen atoms in total. The minimum absolute atomic E-state index is 0.137. The lowest BCUT2D eigenvalue weighted by molar-refractivity contribution is 0.0697. The van der Waals surface area contributed by atoms with Crippen LogP contribution in [-0.2, 0) is 0 Å². The van der Waals surface area contributed by atoms with Gasteiger partial charge in [0.25, 0.3) is 0 Å². The molecule has 0 amide bonds. The van der Waals surface area contributed by atoms with E-state index < -0.39 is 5.97 Å². The number of aliphatic hydroxyl groups excluding tert-OH is 1. The fourth-order valence-corrected chi connectivity index (χ4v) is 1.61. The number of halogens is 1. The molecule has 0 saturated carbocycles. The van der Waals surface area contributed by atoms with Gasteiger partial charge in [-0.15, -0.1) is 0 Å². The molecule has 0 bridgehead atoms. The minimum Gasteiger partial charge on any atom is -0.478 e. The molecule has 0 aliphatic carbocycles. The van der Waals surface area contributed by atoms with Crippen LogP contribution in [0.25, 0.3) is 0 Å². The molecule has 0 saturated heterocycles. The van der Waals surface area contributed by atoms with E-state index in [0.29, 0.717) is 17.4 Å². The van der Waals surface area contributed by atoms with Gasteiger partial charge >= 0.3 is 5.97 Å². The van der Waals surface area contributed by atoms with Gasteiger partial charge < -0.3 is 15.5 Å². The molecular formula is C10H12BrNO3. The number of aromatic carboxylic acids is 1. The number of rotatable bonds is 5. The van der Waals surface area contributed by atoms with Gasteiger partial charge in [0.2, 0.25) is 0 Å². The number of carbonyl (C=O) groups is 1. The molecule has 15 heavy (non-hydrogen) atoms. The normalized spacial score (nSPS) is 10.0. The number of hydrogen-bond donors (Lipinski definition) is 3. The van der Waals surface area contributed by atoms with Gasteiger partial charge in [-0.1, -0.05) is 0 Å². The first kappa shape index (κ1) is 12.0. The zero-order chi connectivity index (χ0) is 11.3. The monoisotopic (exact) mass is 273 g/mol. The molecule has 0 radical (unpaired) electrons. The second-order valence-corrected chi connectivity index (χ2v) is 3.86. The van der Waals surface area contributed by atoms with E-state index in [1.54, 1.807) is 12.1 Å². The van der Waals surface area contributed by atoms with Crippen LogP contribution in [0.4, 0.5) is 5.69 Å². The number of hydrogen-bond acceptors (Lipinski definition) is 3. The van der Waals surface area contributed by atoms with Crippen LogP contribution in [0.2, 0.25) is 0 Å². The maximum absolute atomic E-state index is 10.7. The summed E-state index contributed by atoms with van der Waals surface area (Å²) in [5.74, 6) is -0.947. The lowest BCUT2D eigenvalue weighted by atomic mass is 10.2. The Balaban J connectivity index is 2.70. The summed E-state index contributed by atoms with van der Waals surface area (Å²) in [5, 5.41) is 20.4. The van der Waals surface area contributed by atoms with Crippen molar-refractivity contribution in [3.05, 3.63) is 28.2 Å². The van der Waals surface area contributed by atoms with E-state index in [1.807, 2.05) is 0 Å². The Bertz CT molecular complexity index is 355. The van der Waals surface area contributed by atoms with Gasteiger partial charge in [-0.25, -0.2) is 4.79 Å². The minimum atomic E-state index is -0.947. The SMILES string of the molecule is O=C(O)c1ccc(NCCCO)c(Br)c1. The van der Waals surface area contributed by atoms with Crippen LogP contribution in [-0.4, -0.2) is 29.3 Å². The topological polar surface area (TPSA) is 69.6 Å². The molecule has 1 rings (SSSR count). The van der Waals surface area contributed by atoms with Crippen molar-refractivity contribution in [2.45, 2.75) is 6.42 Å². The predicted octanol–water partition coefficient (Wildman–Crippen LogP) is 1.94. The van der Waals surface area contributed by atoms with E-state index in [2.05, 4.69) is 21.2 Å². The molecule has 0 aromatic heterocycles. The molecule has 0 fully saturated rings. The maximum Gasteiger partial charge on any atom is 0.335 e. The Kier molecular flexibility index (Phi) is 4.58. The van der Waals surface area contributed by atoms with Crippen molar-refractivity contribution in [1.29, 1.82) is 0 Å². The average molecular weight is 274 g/mol. The molecule has 0 aliphatic heterocycles. The second kappa shape index (κ2) is 5.72. The third kappa shape index (κ3) is 3.53. The van der Waals surface area contributed by atoms with E-state index in [9.17, 15) is 4.79 Å². The Labute approximate surface area is 96.1 Å². The predicted molar refractivity (Wildman–Crippen MR) is 61.3 cm³/mol. The molecule has 0 aliphatic rings. The fourth-order valence-electron chi connectivity index (χ4n) is 1.09. The third-order valence-electron chi connectivity index (χ3n) is 1.87. The summed E-state index contributed by atoms with van der Waals surface area (Å²) in [4.78, 5) is 10.7. The van der Waals surface area contributed by atoms with Crippen LogP contribution in [0.5, 0.6) is 0 Å². The number of benzene rings is 1. The molecule has 0 heterocycles. The average Bonchev–Trinajstić information content (AvgIpc) is 2.20. The first-order valence-corrected chi connectivity index (χ1v) is 5.32. The van der Waals surface area contributed by atoms with Gasteiger partial charge in [0.1, 0.15) is 0 Å². The highest BCUT2D eigenvalue weighted by atomic mass is 79.9. The summed E-state index contributed by atoms with van der Waals surface area (Å²) in [6.45, 7) is 0.791. The van der Waals surface area contributed by atoms with Crippen molar-refractivity contribution < 1.29 is 15.0 Å². The number of carboxylic acid groups (broad SMARTS) is 1. The molecule has 0 atom stereocenters. The van der Waals surface area contributed by atoms with E-state index in [0.717, 1.165) is 5.69 Å².